The number of nitrogens with one attached hydrogen (secondary N) is 1. The maximum absolute atomic E-state index is 12.4. The average Bonchev–Trinajstić information content (AvgIpc) is 2.63. The molecule has 0 bridgehead atoms. The Labute approximate surface area is 141 Å². The van der Waals surface area contributed by atoms with Crippen LogP contribution < -0.4 is 10.1 Å². The predicted octanol–water partition coefficient (Wildman–Crippen LogP) is 5.29. The first-order valence-corrected chi connectivity index (χ1v) is 7.98. The van der Waals surface area contributed by atoms with E-state index < -0.39 is 0 Å². The molecule has 3 rings (SSSR count). The van der Waals surface area contributed by atoms with Crippen LogP contribution in [0.2, 0.25) is 0 Å². The van der Waals surface area contributed by atoms with Crippen molar-refractivity contribution in [2.45, 2.75) is 13.3 Å². The number of rotatable bonds is 5. The largest absolute Gasteiger partial charge is 0.457 e. The monoisotopic (exact) mass is 317 g/mol. The standard InChI is InChI=1S/C21H19NO2/c1-2-16-8-6-7-11-20(16)22-21(23)17-12-14-19(15-13-17)24-18-9-4-3-5-10-18/h3-15H,2H2,1H3,(H,22,23). The van der Waals surface area contributed by atoms with Gasteiger partial charge in [-0.2, -0.15) is 0 Å². The molecule has 24 heavy (non-hydrogen) atoms. The summed E-state index contributed by atoms with van der Waals surface area (Å²) in [6, 6.07) is 24.5. The Kier molecular flexibility index (Phi) is 4.92. The van der Waals surface area contributed by atoms with Crippen LogP contribution in [0.15, 0.2) is 78.9 Å². The van der Waals surface area contributed by atoms with Crippen LogP contribution in [-0.2, 0) is 6.42 Å². The lowest BCUT2D eigenvalue weighted by Gasteiger charge is -2.10. The number of para-hydroxylation sites is 2. The third-order valence-corrected chi connectivity index (χ3v) is 3.74. The third kappa shape index (κ3) is 3.82. The second-order valence-corrected chi connectivity index (χ2v) is 5.40. The van der Waals surface area contributed by atoms with Gasteiger partial charge < -0.3 is 10.1 Å². The third-order valence-electron chi connectivity index (χ3n) is 3.74. The molecule has 0 aromatic heterocycles. The van der Waals surface area contributed by atoms with Crippen molar-refractivity contribution in [1.29, 1.82) is 0 Å². The number of aryl methyl sites for hydroxylation is 1. The minimum atomic E-state index is -0.123. The van der Waals surface area contributed by atoms with Crippen LogP contribution in [0.25, 0.3) is 0 Å². The van der Waals surface area contributed by atoms with E-state index >= 15 is 0 Å². The number of anilines is 1. The molecule has 3 aromatic rings. The Morgan fingerprint density at radius 1 is 0.833 bits per heavy atom. The topological polar surface area (TPSA) is 38.3 Å². The molecule has 0 aliphatic heterocycles. The number of benzene rings is 3. The fraction of sp³-hybridized carbons (Fsp3) is 0.0952. The zero-order valence-corrected chi connectivity index (χ0v) is 13.5. The van der Waals surface area contributed by atoms with Gasteiger partial charge in [0, 0.05) is 11.3 Å². The summed E-state index contributed by atoms with van der Waals surface area (Å²) in [7, 11) is 0. The number of hydrogen-bond acceptors (Lipinski definition) is 2. The molecule has 120 valence electrons. The van der Waals surface area contributed by atoms with Crippen molar-refractivity contribution in [3.63, 3.8) is 0 Å². The summed E-state index contributed by atoms with van der Waals surface area (Å²) in [5.74, 6) is 1.35. The van der Waals surface area contributed by atoms with Gasteiger partial charge in [0.25, 0.3) is 5.91 Å². The quantitative estimate of drug-likeness (QED) is 0.694. The van der Waals surface area contributed by atoms with E-state index in [0.29, 0.717) is 11.3 Å². The summed E-state index contributed by atoms with van der Waals surface area (Å²) in [5, 5.41) is 2.97. The van der Waals surface area contributed by atoms with Gasteiger partial charge in [0.2, 0.25) is 0 Å². The van der Waals surface area contributed by atoms with Gasteiger partial charge in [-0.1, -0.05) is 43.3 Å². The Morgan fingerprint density at radius 3 is 2.17 bits per heavy atom. The molecular formula is C21H19NO2. The molecule has 3 nitrogen and oxygen atoms in total. The smallest absolute Gasteiger partial charge is 0.255 e. The number of carbonyl (C=O) groups is 1. The number of carbonyl (C=O) groups excluding carboxylic acids is 1. The second kappa shape index (κ2) is 7.47. The number of hydrogen-bond donors (Lipinski definition) is 1. The highest BCUT2D eigenvalue weighted by Crippen LogP contribution is 2.22. The average molecular weight is 317 g/mol. The van der Waals surface area contributed by atoms with Crippen molar-refractivity contribution < 1.29 is 9.53 Å². The van der Waals surface area contributed by atoms with E-state index in [1.54, 1.807) is 24.3 Å². The van der Waals surface area contributed by atoms with Gasteiger partial charge in [0.1, 0.15) is 11.5 Å². The maximum Gasteiger partial charge on any atom is 0.255 e. The Balaban J connectivity index is 1.70. The van der Waals surface area contributed by atoms with Crippen molar-refractivity contribution >= 4 is 11.6 Å². The minimum Gasteiger partial charge on any atom is -0.457 e. The summed E-state index contributed by atoms with van der Waals surface area (Å²) in [5.41, 5.74) is 2.57. The SMILES string of the molecule is CCc1ccccc1NC(=O)c1ccc(Oc2ccccc2)cc1. The van der Waals surface area contributed by atoms with Gasteiger partial charge in [-0.25, -0.2) is 0 Å². The van der Waals surface area contributed by atoms with Gasteiger partial charge in [-0.3, -0.25) is 4.79 Å². The van der Waals surface area contributed by atoms with Crippen LogP contribution in [-0.4, -0.2) is 5.91 Å². The van der Waals surface area contributed by atoms with E-state index in [9.17, 15) is 4.79 Å². The Bertz CT molecular complexity index is 811. The molecule has 1 N–H and O–H groups in total. The van der Waals surface area contributed by atoms with Crippen LogP contribution in [0.5, 0.6) is 11.5 Å². The second-order valence-electron chi connectivity index (χ2n) is 5.40. The van der Waals surface area contributed by atoms with Gasteiger partial charge in [-0.15, -0.1) is 0 Å². The summed E-state index contributed by atoms with van der Waals surface area (Å²) >= 11 is 0. The van der Waals surface area contributed by atoms with E-state index in [-0.39, 0.29) is 5.91 Å². The van der Waals surface area contributed by atoms with Crippen molar-refractivity contribution in [1.82, 2.24) is 0 Å². The molecular weight excluding hydrogens is 298 g/mol. The van der Waals surface area contributed by atoms with E-state index in [1.165, 1.54) is 0 Å². The van der Waals surface area contributed by atoms with Crippen molar-refractivity contribution in [2.75, 3.05) is 5.32 Å². The van der Waals surface area contributed by atoms with Crippen molar-refractivity contribution in [2.24, 2.45) is 0 Å². The van der Waals surface area contributed by atoms with Crippen molar-refractivity contribution in [3.8, 4) is 11.5 Å². The predicted molar refractivity (Wildman–Crippen MR) is 96.7 cm³/mol. The van der Waals surface area contributed by atoms with Crippen LogP contribution in [0.3, 0.4) is 0 Å². The molecule has 0 fully saturated rings. The Hall–Kier alpha value is -3.07. The van der Waals surface area contributed by atoms with Gasteiger partial charge in [0.05, 0.1) is 0 Å². The highest BCUT2D eigenvalue weighted by molar-refractivity contribution is 6.04. The first-order chi connectivity index (χ1) is 11.8. The minimum absolute atomic E-state index is 0.123. The number of amides is 1. The van der Waals surface area contributed by atoms with E-state index in [0.717, 1.165) is 23.4 Å². The molecule has 3 heteroatoms. The lowest BCUT2D eigenvalue weighted by molar-refractivity contribution is 0.102. The zero-order chi connectivity index (χ0) is 16.8. The lowest BCUT2D eigenvalue weighted by atomic mass is 10.1. The van der Waals surface area contributed by atoms with Crippen molar-refractivity contribution in [3.05, 3.63) is 90.0 Å². The molecule has 0 aliphatic carbocycles. The molecule has 0 unspecified atom stereocenters. The van der Waals surface area contributed by atoms with E-state index in [1.807, 2.05) is 54.6 Å². The van der Waals surface area contributed by atoms with Crippen LogP contribution >= 0.6 is 0 Å². The lowest BCUT2D eigenvalue weighted by Crippen LogP contribution is -2.13. The zero-order valence-electron chi connectivity index (χ0n) is 13.5. The molecule has 0 saturated heterocycles. The van der Waals surface area contributed by atoms with E-state index in [4.69, 9.17) is 4.74 Å². The summed E-state index contributed by atoms with van der Waals surface area (Å²) in [4.78, 5) is 12.4. The summed E-state index contributed by atoms with van der Waals surface area (Å²) in [6.45, 7) is 2.07. The van der Waals surface area contributed by atoms with Gasteiger partial charge >= 0.3 is 0 Å². The molecule has 0 heterocycles. The van der Waals surface area contributed by atoms with Crippen LogP contribution in [0, 0.1) is 0 Å². The first kappa shape index (κ1) is 15.8. The molecule has 3 aromatic carbocycles. The maximum atomic E-state index is 12.4. The highest BCUT2D eigenvalue weighted by Gasteiger charge is 2.08. The summed E-state index contributed by atoms with van der Waals surface area (Å²) in [6.07, 6.45) is 0.875. The first-order valence-electron chi connectivity index (χ1n) is 7.98. The van der Waals surface area contributed by atoms with Crippen LogP contribution in [0.4, 0.5) is 5.69 Å². The Morgan fingerprint density at radius 2 is 1.46 bits per heavy atom. The summed E-state index contributed by atoms with van der Waals surface area (Å²) < 4.78 is 5.74. The molecule has 0 spiro atoms. The van der Waals surface area contributed by atoms with E-state index in [2.05, 4.69) is 12.2 Å². The van der Waals surface area contributed by atoms with Gasteiger partial charge in [-0.05, 0) is 54.4 Å². The number of ether oxygens (including phenoxy) is 1. The highest BCUT2D eigenvalue weighted by atomic mass is 16.5. The molecule has 1 amide bonds. The molecule has 0 radical (unpaired) electrons. The molecule has 0 atom stereocenters. The fourth-order valence-electron chi connectivity index (χ4n) is 2.44. The fourth-order valence-corrected chi connectivity index (χ4v) is 2.44. The molecule has 0 aliphatic rings. The van der Waals surface area contributed by atoms with Crippen LogP contribution in [0.1, 0.15) is 22.8 Å². The van der Waals surface area contributed by atoms with Gasteiger partial charge in [0.15, 0.2) is 0 Å². The normalized spacial score (nSPS) is 10.2. The molecule has 0 saturated carbocycles.